The molecule has 3 saturated heterocycles. The molecule has 8 nitrogen and oxygen atoms in total. The van der Waals surface area contributed by atoms with Gasteiger partial charge in [0.05, 0.1) is 6.54 Å². The van der Waals surface area contributed by atoms with Gasteiger partial charge < -0.3 is 20.9 Å². The molecule has 0 spiro atoms. The summed E-state index contributed by atoms with van der Waals surface area (Å²) in [7, 11) is 4.12. The van der Waals surface area contributed by atoms with E-state index >= 15 is 0 Å². The van der Waals surface area contributed by atoms with Crippen LogP contribution in [-0.4, -0.2) is 111 Å². The highest BCUT2D eigenvalue weighted by Crippen LogP contribution is 2.30. The average molecular weight is 578 g/mol. The van der Waals surface area contributed by atoms with Crippen molar-refractivity contribution in [3.63, 3.8) is 0 Å². The number of hydrogen-bond donors (Lipinski definition) is 3. The lowest BCUT2D eigenvalue weighted by Gasteiger charge is -2.50. The number of carbonyl (C=O) groups excluding carboxylic acids is 1. The number of guanidine groups is 1. The molecule has 9 heteroatoms. The Morgan fingerprint density at radius 1 is 1.00 bits per heavy atom. The van der Waals surface area contributed by atoms with Crippen molar-refractivity contribution in [3.8, 4) is 0 Å². The maximum atomic E-state index is 12.0. The predicted molar refractivity (Wildman–Crippen MR) is 148 cm³/mol. The molecule has 3 rings (SSSR count). The van der Waals surface area contributed by atoms with Crippen molar-refractivity contribution in [1.29, 1.82) is 0 Å². The Balaban J connectivity index is 0.00000385. The minimum Gasteiger partial charge on any atom is -0.355 e. The number of nitrogens with zero attached hydrogens (tertiary/aromatic N) is 4. The number of likely N-dealkylation sites (tertiary alicyclic amines) is 3. The second-order valence-corrected chi connectivity index (χ2v) is 10.0. The standard InChI is InChI=1S/C24H47N7O.HI/c1-4-12-26-22(32)19-30-15-8-21(9-16-30)28-23(25-2)27-20-24(10-17-29(3)18-11-24)31-13-6-5-7-14-31;/h21H,4-20H2,1-3H3,(H,26,32)(H2,25,27,28);1H. The van der Waals surface area contributed by atoms with Crippen LogP contribution in [0.5, 0.6) is 0 Å². The number of nitrogens with one attached hydrogen (secondary N) is 3. The van der Waals surface area contributed by atoms with E-state index < -0.39 is 0 Å². The van der Waals surface area contributed by atoms with Crippen molar-refractivity contribution < 1.29 is 4.79 Å². The smallest absolute Gasteiger partial charge is 0.234 e. The maximum absolute atomic E-state index is 12.0. The van der Waals surface area contributed by atoms with Crippen LogP contribution in [0, 0.1) is 0 Å². The van der Waals surface area contributed by atoms with Crippen LogP contribution < -0.4 is 16.0 Å². The van der Waals surface area contributed by atoms with E-state index in [-0.39, 0.29) is 35.4 Å². The van der Waals surface area contributed by atoms with Crippen LogP contribution >= 0.6 is 24.0 Å². The molecule has 192 valence electrons. The molecule has 0 aromatic heterocycles. The maximum Gasteiger partial charge on any atom is 0.234 e. The summed E-state index contributed by atoms with van der Waals surface area (Å²) in [5, 5.41) is 10.4. The molecule has 0 atom stereocenters. The molecule has 0 radical (unpaired) electrons. The fourth-order valence-corrected chi connectivity index (χ4v) is 5.40. The molecule has 0 aromatic rings. The highest BCUT2D eigenvalue weighted by atomic mass is 127. The van der Waals surface area contributed by atoms with Gasteiger partial charge in [-0.05, 0) is 78.2 Å². The van der Waals surface area contributed by atoms with Crippen molar-refractivity contribution in [2.24, 2.45) is 4.99 Å². The SMILES string of the molecule is CCCNC(=O)CN1CCC(NC(=NC)NCC2(N3CCCCC3)CCN(C)CC2)CC1.I. The van der Waals surface area contributed by atoms with Gasteiger partial charge in [-0.25, -0.2) is 0 Å². The average Bonchev–Trinajstić information content (AvgIpc) is 2.83. The van der Waals surface area contributed by atoms with Gasteiger partial charge in [0.2, 0.25) is 5.91 Å². The monoisotopic (exact) mass is 577 g/mol. The number of halogens is 1. The zero-order chi connectivity index (χ0) is 22.8. The van der Waals surface area contributed by atoms with Crippen LogP contribution in [0.3, 0.4) is 0 Å². The summed E-state index contributed by atoms with van der Waals surface area (Å²) in [4.78, 5) is 24.0. The second kappa shape index (κ2) is 14.7. The molecule has 0 aromatic carbocycles. The fraction of sp³-hybridized carbons (Fsp3) is 0.917. The molecule has 3 heterocycles. The van der Waals surface area contributed by atoms with Gasteiger partial charge >= 0.3 is 0 Å². The van der Waals surface area contributed by atoms with Gasteiger partial charge in [0.1, 0.15) is 0 Å². The Kier molecular flexibility index (Phi) is 12.7. The fourth-order valence-electron chi connectivity index (χ4n) is 5.40. The number of carbonyl (C=O) groups is 1. The van der Waals surface area contributed by atoms with E-state index in [1.165, 1.54) is 58.3 Å². The molecule has 3 N–H and O–H groups in total. The predicted octanol–water partition coefficient (Wildman–Crippen LogP) is 1.71. The Morgan fingerprint density at radius 3 is 2.27 bits per heavy atom. The first-order valence-corrected chi connectivity index (χ1v) is 12.9. The number of rotatable bonds is 8. The van der Waals surface area contributed by atoms with Crippen LogP contribution in [0.1, 0.15) is 58.3 Å². The molecule has 3 fully saturated rings. The van der Waals surface area contributed by atoms with E-state index in [2.05, 4.69) is 49.6 Å². The first kappa shape index (κ1) is 28.6. The largest absolute Gasteiger partial charge is 0.355 e. The van der Waals surface area contributed by atoms with E-state index in [9.17, 15) is 4.79 Å². The Bertz CT molecular complexity index is 596. The highest BCUT2D eigenvalue weighted by Gasteiger charge is 2.39. The molecule has 0 unspecified atom stereocenters. The second-order valence-electron chi connectivity index (χ2n) is 10.0. The third-order valence-electron chi connectivity index (χ3n) is 7.62. The minimum atomic E-state index is 0. The summed E-state index contributed by atoms with van der Waals surface area (Å²) in [5.74, 6) is 1.08. The minimum absolute atomic E-state index is 0. The molecular weight excluding hydrogens is 529 g/mol. The van der Waals surface area contributed by atoms with E-state index in [0.717, 1.165) is 51.4 Å². The van der Waals surface area contributed by atoms with Gasteiger partial charge in [-0.3, -0.25) is 19.6 Å². The van der Waals surface area contributed by atoms with Gasteiger partial charge in [-0.15, -0.1) is 24.0 Å². The number of amides is 1. The van der Waals surface area contributed by atoms with E-state index in [1.54, 1.807) is 0 Å². The third-order valence-corrected chi connectivity index (χ3v) is 7.62. The van der Waals surface area contributed by atoms with Crippen LogP contribution in [0.2, 0.25) is 0 Å². The van der Waals surface area contributed by atoms with Crippen LogP contribution in [0.25, 0.3) is 0 Å². The lowest BCUT2D eigenvalue weighted by molar-refractivity contribution is -0.122. The van der Waals surface area contributed by atoms with Gasteiger partial charge in [0, 0.05) is 44.8 Å². The molecule has 0 saturated carbocycles. The van der Waals surface area contributed by atoms with Crippen molar-refractivity contribution in [2.45, 2.75) is 69.9 Å². The molecule has 3 aliphatic rings. The van der Waals surface area contributed by atoms with E-state index in [4.69, 9.17) is 0 Å². The van der Waals surface area contributed by atoms with Crippen LogP contribution in [0.15, 0.2) is 4.99 Å². The lowest BCUT2D eigenvalue weighted by Crippen LogP contribution is -2.62. The van der Waals surface area contributed by atoms with Gasteiger partial charge in [-0.1, -0.05) is 13.3 Å². The van der Waals surface area contributed by atoms with E-state index in [0.29, 0.717) is 12.6 Å². The molecule has 0 bridgehead atoms. The summed E-state index contributed by atoms with van der Waals surface area (Å²) in [6, 6.07) is 0.416. The zero-order valence-electron chi connectivity index (χ0n) is 21.2. The highest BCUT2D eigenvalue weighted by molar-refractivity contribution is 14.0. The first-order chi connectivity index (χ1) is 15.5. The number of aliphatic imine (C=N–C) groups is 1. The Morgan fingerprint density at radius 2 is 1.67 bits per heavy atom. The molecule has 33 heavy (non-hydrogen) atoms. The molecule has 1 amide bonds. The van der Waals surface area contributed by atoms with Gasteiger partial charge in [-0.2, -0.15) is 0 Å². The van der Waals surface area contributed by atoms with Gasteiger partial charge in [0.25, 0.3) is 0 Å². The van der Waals surface area contributed by atoms with Crippen LogP contribution in [0.4, 0.5) is 0 Å². The molecule has 3 aliphatic heterocycles. The summed E-state index contributed by atoms with van der Waals surface area (Å²) in [5.41, 5.74) is 0.250. The third kappa shape index (κ3) is 8.81. The zero-order valence-corrected chi connectivity index (χ0v) is 23.5. The van der Waals surface area contributed by atoms with Crippen molar-refractivity contribution >= 4 is 35.8 Å². The van der Waals surface area contributed by atoms with Crippen molar-refractivity contribution in [3.05, 3.63) is 0 Å². The molecular formula is C24H48IN7O. The Labute approximate surface area is 218 Å². The lowest BCUT2D eigenvalue weighted by atomic mass is 9.84. The molecule has 0 aliphatic carbocycles. The van der Waals surface area contributed by atoms with E-state index in [1.807, 2.05) is 7.05 Å². The first-order valence-electron chi connectivity index (χ1n) is 12.9. The quantitative estimate of drug-likeness (QED) is 0.232. The van der Waals surface area contributed by atoms with Crippen LogP contribution in [-0.2, 0) is 4.79 Å². The summed E-state index contributed by atoms with van der Waals surface area (Å²) >= 11 is 0. The summed E-state index contributed by atoms with van der Waals surface area (Å²) < 4.78 is 0. The summed E-state index contributed by atoms with van der Waals surface area (Å²) in [6.45, 7) is 11.1. The summed E-state index contributed by atoms with van der Waals surface area (Å²) in [6.07, 6.45) is 9.58. The van der Waals surface area contributed by atoms with Crippen molar-refractivity contribution in [1.82, 2.24) is 30.7 Å². The normalized spacial score (nSPS) is 23.5. The number of piperidine rings is 3. The van der Waals surface area contributed by atoms with Gasteiger partial charge in [0.15, 0.2) is 5.96 Å². The topological polar surface area (TPSA) is 75.2 Å². The van der Waals surface area contributed by atoms with Crippen molar-refractivity contribution in [2.75, 3.05) is 73.0 Å². The Hall–Kier alpha value is -0.650. The number of hydrogen-bond acceptors (Lipinski definition) is 5.